The summed E-state index contributed by atoms with van der Waals surface area (Å²) in [5.74, 6) is 0. The second kappa shape index (κ2) is 8.06. The van der Waals surface area contributed by atoms with Gasteiger partial charge in [-0.15, -0.1) is 0 Å². The molecule has 1 fully saturated rings. The standard InChI is InChI=1S/C14H29NO2/c1-14(12-16,15-2)10-7-11-17-13-8-5-3-4-6-9-13/h13,15-16H,3-12H2,1-2H3. The summed E-state index contributed by atoms with van der Waals surface area (Å²) in [6.07, 6.45) is 10.4. The Bertz CT molecular complexity index is 185. The van der Waals surface area contributed by atoms with Crippen LogP contribution in [0.1, 0.15) is 58.3 Å². The average molecular weight is 243 g/mol. The van der Waals surface area contributed by atoms with Gasteiger partial charge < -0.3 is 15.2 Å². The molecular formula is C14H29NO2. The van der Waals surface area contributed by atoms with Gasteiger partial charge in [-0.25, -0.2) is 0 Å². The second-order valence-electron chi connectivity index (χ2n) is 5.56. The van der Waals surface area contributed by atoms with E-state index in [1.165, 1.54) is 38.5 Å². The molecule has 1 aliphatic rings. The summed E-state index contributed by atoms with van der Waals surface area (Å²) in [5, 5.41) is 12.4. The summed E-state index contributed by atoms with van der Waals surface area (Å²) in [7, 11) is 1.91. The van der Waals surface area contributed by atoms with E-state index in [2.05, 4.69) is 12.2 Å². The van der Waals surface area contributed by atoms with E-state index in [9.17, 15) is 5.11 Å². The van der Waals surface area contributed by atoms with E-state index in [0.29, 0.717) is 6.10 Å². The maximum Gasteiger partial charge on any atom is 0.0610 e. The Balaban J connectivity index is 2.10. The fourth-order valence-electron chi connectivity index (χ4n) is 2.40. The number of rotatable bonds is 7. The lowest BCUT2D eigenvalue weighted by molar-refractivity contribution is 0.0358. The third-order valence-corrected chi connectivity index (χ3v) is 3.98. The lowest BCUT2D eigenvalue weighted by Gasteiger charge is -2.27. The van der Waals surface area contributed by atoms with Gasteiger partial charge in [0.05, 0.1) is 12.7 Å². The van der Waals surface area contributed by atoms with Crippen LogP contribution in [0.5, 0.6) is 0 Å². The SMILES string of the molecule is CNC(C)(CO)CCCOC1CCCCCC1. The predicted molar refractivity (Wildman–Crippen MR) is 71.2 cm³/mol. The van der Waals surface area contributed by atoms with Crippen LogP contribution in [-0.2, 0) is 4.74 Å². The van der Waals surface area contributed by atoms with Gasteiger partial charge in [0.1, 0.15) is 0 Å². The van der Waals surface area contributed by atoms with Crippen LogP contribution >= 0.6 is 0 Å². The minimum absolute atomic E-state index is 0.146. The smallest absolute Gasteiger partial charge is 0.0610 e. The molecule has 2 N–H and O–H groups in total. The van der Waals surface area contributed by atoms with E-state index >= 15 is 0 Å². The molecular weight excluding hydrogens is 214 g/mol. The van der Waals surface area contributed by atoms with Gasteiger partial charge in [-0.3, -0.25) is 0 Å². The van der Waals surface area contributed by atoms with Crippen LogP contribution in [0.2, 0.25) is 0 Å². The van der Waals surface area contributed by atoms with E-state index in [0.717, 1.165) is 19.4 Å². The number of aliphatic hydroxyl groups excluding tert-OH is 1. The highest BCUT2D eigenvalue weighted by Crippen LogP contribution is 2.20. The molecule has 0 aliphatic heterocycles. The molecule has 3 nitrogen and oxygen atoms in total. The molecule has 0 radical (unpaired) electrons. The van der Waals surface area contributed by atoms with Crippen molar-refractivity contribution in [2.45, 2.75) is 69.9 Å². The highest BCUT2D eigenvalue weighted by atomic mass is 16.5. The molecule has 1 atom stereocenters. The van der Waals surface area contributed by atoms with Crippen molar-refractivity contribution in [2.24, 2.45) is 0 Å². The Morgan fingerprint density at radius 1 is 1.24 bits per heavy atom. The topological polar surface area (TPSA) is 41.5 Å². The van der Waals surface area contributed by atoms with E-state index < -0.39 is 0 Å². The zero-order chi connectivity index (χ0) is 12.6. The normalized spacial score (nSPS) is 22.1. The Morgan fingerprint density at radius 2 is 1.88 bits per heavy atom. The van der Waals surface area contributed by atoms with Gasteiger partial charge in [0.25, 0.3) is 0 Å². The molecule has 0 bridgehead atoms. The summed E-state index contributed by atoms with van der Waals surface area (Å²) in [6, 6.07) is 0. The molecule has 0 aromatic rings. The van der Waals surface area contributed by atoms with Gasteiger partial charge in [-0.2, -0.15) is 0 Å². The van der Waals surface area contributed by atoms with Crippen LogP contribution in [0.15, 0.2) is 0 Å². The molecule has 0 aromatic carbocycles. The van der Waals surface area contributed by atoms with Crippen molar-refractivity contribution in [3.05, 3.63) is 0 Å². The summed E-state index contributed by atoms with van der Waals surface area (Å²) in [6.45, 7) is 3.08. The molecule has 0 aromatic heterocycles. The summed E-state index contributed by atoms with van der Waals surface area (Å²) in [4.78, 5) is 0. The van der Waals surface area contributed by atoms with Gasteiger partial charge in [-0.05, 0) is 39.7 Å². The van der Waals surface area contributed by atoms with E-state index in [4.69, 9.17) is 4.74 Å². The molecule has 1 saturated carbocycles. The molecule has 0 saturated heterocycles. The minimum atomic E-state index is -0.146. The molecule has 0 amide bonds. The molecule has 1 aliphatic carbocycles. The Kier molecular flexibility index (Phi) is 7.09. The highest BCUT2D eigenvalue weighted by Gasteiger charge is 2.20. The zero-order valence-corrected chi connectivity index (χ0v) is 11.5. The number of ether oxygens (including phenoxy) is 1. The first-order valence-corrected chi connectivity index (χ1v) is 7.11. The Labute approximate surface area is 106 Å². The predicted octanol–water partition coefficient (Wildman–Crippen LogP) is 2.48. The van der Waals surface area contributed by atoms with Crippen LogP contribution in [0, 0.1) is 0 Å². The lowest BCUT2D eigenvalue weighted by Crippen LogP contribution is -2.43. The maximum atomic E-state index is 9.27. The lowest BCUT2D eigenvalue weighted by atomic mass is 9.97. The monoisotopic (exact) mass is 243 g/mol. The first-order valence-electron chi connectivity index (χ1n) is 7.11. The molecule has 0 heterocycles. The molecule has 102 valence electrons. The number of likely N-dealkylation sites (N-methyl/N-ethyl adjacent to an activating group) is 1. The Hall–Kier alpha value is -0.120. The van der Waals surface area contributed by atoms with Gasteiger partial charge in [0.2, 0.25) is 0 Å². The highest BCUT2D eigenvalue weighted by molar-refractivity contribution is 4.80. The van der Waals surface area contributed by atoms with Gasteiger partial charge in [-0.1, -0.05) is 25.7 Å². The van der Waals surface area contributed by atoms with E-state index in [1.54, 1.807) is 0 Å². The largest absolute Gasteiger partial charge is 0.394 e. The van der Waals surface area contributed by atoms with Gasteiger partial charge in [0, 0.05) is 12.1 Å². The molecule has 1 unspecified atom stereocenters. The van der Waals surface area contributed by atoms with Crippen molar-refractivity contribution in [3.8, 4) is 0 Å². The fourth-order valence-corrected chi connectivity index (χ4v) is 2.40. The fraction of sp³-hybridized carbons (Fsp3) is 1.00. The third kappa shape index (κ3) is 5.84. The zero-order valence-electron chi connectivity index (χ0n) is 11.5. The van der Waals surface area contributed by atoms with Crippen LogP contribution in [-0.4, -0.2) is 37.0 Å². The number of nitrogens with one attached hydrogen (secondary N) is 1. The van der Waals surface area contributed by atoms with Crippen molar-refractivity contribution in [1.29, 1.82) is 0 Å². The first-order chi connectivity index (χ1) is 8.20. The number of hydrogen-bond donors (Lipinski definition) is 2. The molecule has 17 heavy (non-hydrogen) atoms. The van der Waals surface area contributed by atoms with Crippen LogP contribution < -0.4 is 5.32 Å². The van der Waals surface area contributed by atoms with Crippen LogP contribution in [0.4, 0.5) is 0 Å². The van der Waals surface area contributed by atoms with Crippen molar-refractivity contribution < 1.29 is 9.84 Å². The molecule has 0 spiro atoms. The summed E-state index contributed by atoms with van der Waals surface area (Å²) >= 11 is 0. The van der Waals surface area contributed by atoms with Crippen molar-refractivity contribution >= 4 is 0 Å². The molecule has 3 heteroatoms. The second-order valence-corrected chi connectivity index (χ2v) is 5.56. The number of aliphatic hydroxyl groups is 1. The van der Waals surface area contributed by atoms with Crippen molar-refractivity contribution in [3.63, 3.8) is 0 Å². The molecule has 1 rings (SSSR count). The van der Waals surface area contributed by atoms with Gasteiger partial charge in [0.15, 0.2) is 0 Å². The summed E-state index contributed by atoms with van der Waals surface area (Å²) < 4.78 is 5.94. The van der Waals surface area contributed by atoms with Crippen molar-refractivity contribution in [2.75, 3.05) is 20.3 Å². The van der Waals surface area contributed by atoms with Gasteiger partial charge >= 0.3 is 0 Å². The quantitative estimate of drug-likeness (QED) is 0.533. The minimum Gasteiger partial charge on any atom is -0.394 e. The first kappa shape index (κ1) is 14.9. The van der Waals surface area contributed by atoms with Crippen LogP contribution in [0.3, 0.4) is 0 Å². The maximum absolute atomic E-state index is 9.27. The van der Waals surface area contributed by atoms with E-state index in [-0.39, 0.29) is 12.1 Å². The van der Waals surface area contributed by atoms with Crippen molar-refractivity contribution in [1.82, 2.24) is 5.32 Å². The number of hydrogen-bond acceptors (Lipinski definition) is 3. The average Bonchev–Trinajstić information content (AvgIpc) is 2.63. The van der Waals surface area contributed by atoms with Crippen LogP contribution in [0.25, 0.3) is 0 Å². The Morgan fingerprint density at radius 3 is 2.41 bits per heavy atom. The third-order valence-electron chi connectivity index (χ3n) is 3.98. The summed E-state index contributed by atoms with van der Waals surface area (Å²) in [5.41, 5.74) is -0.146. The van der Waals surface area contributed by atoms with E-state index in [1.807, 2.05) is 7.05 Å².